The summed E-state index contributed by atoms with van der Waals surface area (Å²) in [6, 6.07) is 8.75. The largest absolute Gasteiger partial charge is 0.393 e. The molecule has 98 valence electrons. The van der Waals surface area contributed by atoms with Crippen LogP contribution in [0.2, 0.25) is 0 Å². The Labute approximate surface area is 115 Å². The average Bonchev–Trinajstić information content (AvgIpc) is 3.06. The molecule has 0 atom stereocenters. The molecular weight excluding hydrogens is 240 g/mol. The first-order valence-electron chi connectivity index (χ1n) is 6.65. The molecule has 3 heteroatoms. The van der Waals surface area contributed by atoms with Gasteiger partial charge in [-0.3, -0.25) is 0 Å². The van der Waals surface area contributed by atoms with E-state index in [0.29, 0.717) is 10.4 Å². The van der Waals surface area contributed by atoms with E-state index in [1.165, 1.54) is 24.1 Å². The lowest BCUT2D eigenvalue weighted by molar-refractivity contribution is 0.522. The minimum atomic E-state index is 0.354. The minimum Gasteiger partial charge on any atom is -0.393 e. The van der Waals surface area contributed by atoms with Crippen molar-refractivity contribution < 1.29 is 0 Å². The molecule has 1 aliphatic carbocycles. The molecule has 1 fully saturated rings. The van der Waals surface area contributed by atoms with Crippen LogP contribution in [0.3, 0.4) is 0 Å². The quantitative estimate of drug-likeness (QED) is 0.798. The first-order valence-corrected chi connectivity index (χ1v) is 7.05. The van der Waals surface area contributed by atoms with Gasteiger partial charge in [-0.15, -0.1) is 0 Å². The smallest absolute Gasteiger partial charge is 0.0733 e. The van der Waals surface area contributed by atoms with Crippen molar-refractivity contribution in [2.45, 2.75) is 33.1 Å². The van der Waals surface area contributed by atoms with Gasteiger partial charge in [0.15, 0.2) is 0 Å². The molecule has 1 aromatic carbocycles. The third-order valence-electron chi connectivity index (χ3n) is 3.81. The number of hydrogen-bond acceptors (Lipinski definition) is 2. The molecule has 2 nitrogen and oxygen atoms in total. The Morgan fingerprint density at radius 3 is 2.39 bits per heavy atom. The second-order valence-electron chi connectivity index (χ2n) is 5.49. The topological polar surface area (TPSA) is 29.3 Å². The van der Waals surface area contributed by atoms with Crippen LogP contribution in [0.25, 0.3) is 0 Å². The van der Waals surface area contributed by atoms with E-state index in [0.717, 1.165) is 19.5 Å². The first-order chi connectivity index (χ1) is 8.54. The van der Waals surface area contributed by atoms with Gasteiger partial charge in [0.1, 0.15) is 0 Å². The van der Waals surface area contributed by atoms with Crippen LogP contribution in [0.4, 0.5) is 5.69 Å². The van der Waals surface area contributed by atoms with E-state index in [2.05, 4.69) is 43.0 Å². The van der Waals surface area contributed by atoms with Crippen LogP contribution in [0.15, 0.2) is 24.3 Å². The standard InChI is InChI=1S/C15H22N2S/c1-3-17(13-6-4-12(2)5-7-13)11-15(8-9-15)10-14(16)18/h4-7H,3,8-11H2,1-2H3,(H2,16,18). The molecule has 0 saturated heterocycles. The molecule has 1 aliphatic rings. The Balaban J connectivity index is 2.06. The Hall–Kier alpha value is -1.09. The van der Waals surface area contributed by atoms with Gasteiger partial charge in [-0.2, -0.15) is 0 Å². The average molecular weight is 262 g/mol. The lowest BCUT2D eigenvalue weighted by atomic mass is 10.0. The highest BCUT2D eigenvalue weighted by molar-refractivity contribution is 7.80. The van der Waals surface area contributed by atoms with Crippen LogP contribution in [0.5, 0.6) is 0 Å². The zero-order chi connectivity index (χ0) is 13.2. The van der Waals surface area contributed by atoms with Crippen molar-refractivity contribution >= 4 is 22.9 Å². The molecule has 2 rings (SSSR count). The van der Waals surface area contributed by atoms with Gasteiger partial charge < -0.3 is 10.6 Å². The van der Waals surface area contributed by atoms with Gasteiger partial charge in [-0.1, -0.05) is 29.9 Å². The SMILES string of the molecule is CCN(CC1(CC(N)=S)CC1)c1ccc(C)cc1. The Morgan fingerprint density at radius 1 is 1.33 bits per heavy atom. The van der Waals surface area contributed by atoms with Crippen molar-refractivity contribution in [3.8, 4) is 0 Å². The second-order valence-corrected chi connectivity index (χ2v) is 6.02. The summed E-state index contributed by atoms with van der Waals surface area (Å²) in [4.78, 5) is 3.09. The number of nitrogens with zero attached hydrogens (tertiary/aromatic N) is 1. The molecule has 0 amide bonds. The molecule has 1 saturated carbocycles. The Bertz CT molecular complexity index is 421. The molecule has 0 radical (unpaired) electrons. The van der Waals surface area contributed by atoms with E-state index in [4.69, 9.17) is 18.0 Å². The Morgan fingerprint density at radius 2 is 1.94 bits per heavy atom. The maximum atomic E-state index is 5.71. The summed E-state index contributed by atoms with van der Waals surface area (Å²) in [5, 5.41) is 0. The fraction of sp³-hybridized carbons (Fsp3) is 0.533. The third-order valence-corrected chi connectivity index (χ3v) is 3.96. The summed E-state index contributed by atoms with van der Waals surface area (Å²) in [5.41, 5.74) is 8.67. The molecule has 1 aromatic rings. The van der Waals surface area contributed by atoms with Gasteiger partial charge >= 0.3 is 0 Å². The molecule has 0 unspecified atom stereocenters. The molecule has 0 aromatic heterocycles. The number of hydrogen-bond donors (Lipinski definition) is 1. The summed E-state index contributed by atoms with van der Waals surface area (Å²) in [6.45, 7) is 6.43. The van der Waals surface area contributed by atoms with Crippen molar-refractivity contribution in [1.29, 1.82) is 0 Å². The van der Waals surface area contributed by atoms with Crippen LogP contribution in [0, 0.1) is 12.3 Å². The van der Waals surface area contributed by atoms with Crippen molar-refractivity contribution in [2.75, 3.05) is 18.0 Å². The molecular formula is C15H22N2S. The zero-order valence-corrected chi connectivity index (χ0v) is 12.1. The van der Waals surface area contributed by atoms with E-state index >= 15 is 0 Å². The number of benzene rings is 1. The molecule has 0 bridgehead atoms. The lowest BCUT2D eigenvalue weighted by Gasteiger charge is -2.28. The summed E-state index contributed by atoms with van der Waals surface area (Å²) < 4.78 is 0. The van der Waals surface area contributed by atoms with Gasteiger partial charge in [-0.05, 0) is 44.2 Å². The molecule has 2 N–H and O–H groups in total. The summed E-state index contributed by atoms with van der Waals surface area (Å²) >= 11 is 5.07. The third kappa shape index (κ3) is 3.22. The second kappa shape index (κ2) is 5.27. The number of thiocarbonyl (C=S) groups is 1. The molecule has 18 heavy (non-hydrogen) atoms. The van der Waals surface area contributed by atoms with Crippen molar-refractivity contribution in [3.63, 3.8) is 0 Å². The van der Waals surface area contributed by atoms with Crippen LogP contribution in [-0.2, 0) is 0 Å². The van der Waals surface area contributed by atoms with E-state index < -0.39 is 0 Å². The van der Waals surface area contributed by atoms with Crippen LogP contribution >= 0.6 is 12.2 Å². The van der Waals surface area contributed by atoms with Crippen LogP contribution in [0.1, 0.15) is 31.7 Å². The highest BCUT2D eigenvalue weighted by Crippen LogP contribution is 2.49. The minimum absolute atomic E-state index is 0.354. The van der Waals surface area contributed by atoms with Crippen molar-refractivity contribution in [1.82, 2.24) is 0 Å². The van der Waals surface area contributed by atoms with E-state index in [9.17, 15) is 0 Å². The van der Waals surface area contributed by atoms with E-state index in [-0.39, 0.29) is 0 Å². The van der Waals surface area contributed by atoms with E-state index in [1.807, 2.05) is 0 Å². The predicted molar refractivity (Wildman–Crippen MR) is 82.1 cm³/mol. The van der Waals surface area contributed by atoms with Gasteiger partial charge in [0.25, 0.3) is 0 Å². The van der Waals surface area contributed by atoms with Crippen molar-refractivity contribution in [2.24, 2.45) is 11.1 Å². The van der Waals surface area contributed by atoms with Gasteiger partial charge in [-0.25, -0.2) is 0 Å². The van der Waals surface area contributed by atoms with Crippen LogP contribution in [-0.4, -0.2) is 18.1 Å². The number of aryl methyl sites for hydroxylation is 1. The summed E-state index contributed by atoms with van der Waals surface area (Å²) in [6.07, 6.45) is 3.41. The summed E-state index contributed by atoms with van der Waals surface area (Å²) in [7, 11) is 0. The summed E-state index contributed by atoms with van der Waals surface area (Å²) in [5.74, 6) is 0. The highest BCUT2D eigenvalue weighted by Gasteiger charge is 2.44. The fourth-order valence-corrected chi connectivity index (χ4v) is 2.79. The molecule has 0 spiro atoms. The highest BCUT2D eigenvalue weighted by atomic mass is 32.1. The number of nitrogens with two attached hydrogens (primary N) is 1. The van der Waals surface area contributed by atoms with Gasteiger partial charge in [0.2, 0.25) is 0 Å². The maximum Gasteiger partial charge on any atom is 0.0733 e. The van der Waals surface area contributed by atoms with E-state index in [1.54, 1.807) is 0 Å². The predicted octanol–water partition coefficient (Wildman–Crippen LogP) is 3.28. The number of anilines is 1. The Kier molecular flexibility index (Phi) is 3.91. The monoisotopic (exact) mass is 262 g/mol. The van der Waals surface area contributed by atoms with Gasteiger partial charge in [0, 0.05) is 25.2 Å². The zero-order valence-electron chi connectivity index (χ0n) is 11.3. The molecule has 0 aliphatic heterocycles. The van der Waals surface area contributed by atoms with Gasteiger partial charge in [0.05, 0.1) is 4.99 Å². The first kappa shape index (κ1) is 13.3. The fourth-order valence-electron chi connectivity index (χ4n) is 2.48. The van der Waals surface area contributed by atoms with Crippen LogP contribution < -0.4 is 10.6 Å². The normalized spacial score (nSPS) is 16.3. The van der Waals surface area contributed by atoms with Crippen molar-refractivity contribution in [3.05, 3.63) is 29.8 Å². The molecule has 0 heterocycles. The maximum absolute atomic E-state index is 5.71. The number of rotatable bonds is 6. The lowest BCUT2D eigenvalue weighted by Crippen LogP contribution is -2.32.